The number of hydrogen-bond donors (Lipinski definition) is 3. The van der Waals surface area contributed by atoms with Crippen molar-refractivity contribution in [2.75, 3.05) is 0 Å². The van der Waals surface area contributed by atoms with Gasteiger partial charge in [-0.15, -0.1) is 0 Å². The Morgan fingerprint density at radius 1 is 1.00 bits per heavy atom. The highest BCUT2D eigenvalue weighted by Gasteiger charge is 2.67. The minimum atomic E-state index is -1.13. The lowest BCUT2D eigenvalue weighted by atomic mass is 9.41. The van der Waals surface area contributed by atoms with E-state index in [0.29, 0.717) is 23.7 Å². The zero-order valence-corrected chi connectivity index (χ0v) is 22.9. The Morgan fingerprint density at radius 3 is 2.32 bits per heavy atom. The molecule has 4 aliphatic carbocycles. The standard InChI is InChI=1S/C30H50O4/c1-17(23-24(34-23)25(32)27(4,5)33)18-11-15-30(8)20-9-10-21-26(2,3)22(31)13-14-28(21,6)19(20)12-16-29(18,30)7/h9,17-19,21-25,31-33H,10-16H2,1-8H3. The van der Waals surface area contributed by atoms with Crippen LogP contribution in [0.2, 0.25) is 0 Å². The number of allylic oxidation sites excluding steroid dienone is 2. The van der Waals surface area contributed by atoms with E-state index in [2.05, 4.69) is 47.6 Å². The van der Waals surface area contributed by atoms with Gasteiger partial charge >= 0.3 is 0 Å². The number of aliphatic hydroxyl groups is 3. The number of hydrogen-bond acceptors (Lipinski definition) is 4. The summed E-state index contributed by atoms with van der Waals surface area (Å²) in [5.74, 6) is 2.12. The van der Waals surface area contributed by atoms with Gasteiger partial charge in [0.1, 0.15) is 12.2 Å². The van der Waals surface area contributed by atoms with E-state index in [4.69, 9.17) is 4.74 Å². The lowest BCUT2D eigenvalue weighted by Gasteiger charge is -2.64. The molecule has 3 N–H and O–H groups in total. The Labute approximate surface area is 207 Å². The van der Waals surface area contributed by atoms with Gasteiger partial charge in [-0.05, 0) is 104 Å². The van der Waals surface area contributed by atoms with Gasteiger partial charge in [0.15, 0.2) is 0 Å². The normalized spacial score (nSPS) is 51.6. The molecule has 5 rings (SSSR count). The largest absolute Gasteiger partial charge is 0.393 e. The second-order valence-corrected chi connectivity index (χ2v) is 14.8. The minimum Gasteiger partial charge on any atom is -0.393 e. The summed E-state index contributed by atoms with van der Waals surface area (Å²) in [4.78, 5) is 0. The van der Waals surface area contributed by atoms with Gasteiger partial charge in [-0.1, -0.05) is 53.2 Å². The van der Waals surface area contributed by atoms with Crippen LogP contribution in [0, 0.1) is 45.3 Å². The molecule has 1 heterocycles. The Morgan fingerprint density at radius 2 is 1.68 bits per heavy atom. The first-order valence-electron chi connectivity index (χ1n) is 14.0. The van der Waals surface area contributed by atoms with Crippen LogP contribution in [0.5, 0.6) is 0 Å². The fraction of sp³-hybridized carbons (Fsp3) is 0.933. The third-order valence-electron chi connectivity index (χ3n) is 12.6. The maximum absolute atomic E-state index is 10.8. The van der Waals surface area contributed by atoms with Crippen molar-refractivity contribution in [3.8, 4) is 0 Å². The number of rotatable bonds is 4. The van der Waals surface area contributed by atoms with Crippen molar-refractivity contribution in [2.24, 2.45) is 45.3 Å². The number of fused-ring (bicyclic) bond motifs is 5. The van der Waals surface area contributed by atoms with Crippen molar-refractivity contribution >= 4 is 0 Å². The molecule has 1 saturated heterocycles. The fourth-order valence-corrected chi connectivity index (χ4v) is 10.0. The van der Waals surface area contributed by atoms with Gasteiger partial charge in [0.05, 0.1) is 17.8 Å². The van der Waals surface area contributed by atoms with E-state index in [1.807, 2.05) is 0 Å². The number of ether oxygens (including phenoxy) is 1. The van der Waals surface area contributed by atoms with Gasteiger partial charge in [0, 0.05) is 0 Å². The summed E-state index contributed by atoms with van der Waals surface area (Å²) in [5.41, 5.74) is 1.29. The summed E-state index contributed by atoms with van der Waals surface area (Å²) in [6.07, 6.45) is 9.53. The molecule has 11 unspecified atom stereocenters. The van der Waals surface area contributed by atoms with Crippen molar-refractivity contribution in [1.82, 2.24) is 0 Å². The van der Waals surface area contributed by atoms with Crippen molar-refractivity contribution < 1.29 is 20.1 Å². The highest BCUT2D eigenvalue weighted by molar-refractivity contribution is 5.33. The lowest BCUT2D eigenvalue weighted by molar-refractivity contribution is -0.131. The first kappa shape index (κ1) is 25.2. The highest BCUT2D eigenvalue weighted by Crippen LogP contribution is 2.73. The van der Waals surface area contributed by atoms with Gasteiger partial charge in [-0.3, -0.25) is 0 Å². The smallest absolute Gasteiger partial charge is 0.113 e. The molecule has 5 aliphatic rings. The molecule has 194 valence electrons. The van der Waals surface area contributed by atoms with E-state index in [1.165, 1.54) is 25.7 Å². The van der Waals surface area contributed by atoms with E-state index in [-0.39, 0.29) is 40.0 Å². The van der Waals surface area contributed by atoms with Crippen LogP contribution < -0.4 is 0 Å². The van der Waals surface area contributed by atoms with Crippen LogP contribution >= 0.6 is 0 Å². The average Bonchev–Trinajstić information content (AvgIpc) is 3.48. The molecule has 0 aromatic rings. The molecular weight excluding hydrogens is 424 g/mol. The molecule has 4 nitrogen and oxygen atoms in total. The molecule has 3 saturated carbocycles. The van der Waals surface area contributed by atoms with Crippen LogP contribution in [0.15, 0.2) is 11.6 Å². The summed E-state index contributed by atoms with van der Waals surface area (Å²) < 4.78 is 6.02. The predicted octanol–water partition coefficient (Wildman–Crippen LogP) is 5.49. The average molecular weight is 475 g/mol. The quantitative estimate of drug-likeness (QED) is 0.372. The van der Waals surface area contributed by atoms with Gasteiger partial charge in [0.2, 0.25) is 0 Å². The topological polar surface area (TPSA) is 73.2 Å². The van der Waals surface area contributed by atoms with E-state index < -0.39 is 11.7 Å². The Kier molecular flexibility index (Phi) is 5.61. The molecule has 34 heavy (non-hydrogen) atoms. The first-order chi connectivity index (χ1) is 15.6. The Balaban J connectivity index is 1.41. The zero-order valence-electron chi connectivity index (χ0n) is 22.9. The lowest BCUT2D eigenvalue weighted by Crippen LogP contribution is -2.58. The number of epoxide rings is 1. The maximum atomic E-state index is 10.8. The van der Waals surface area contributed by atoms with Crippen LogP contribution in [0.25, 0.3) is 0 Å². The summed E-state index contributed by atoms with van der Waals surface area (Å²) in [5, 5.41) is 31.7. The van der Waals surface area contributed by atoms with E-state index in [9.17, 15) is 15.3 Å². The third kappa shape index (κ3) is 3.23. The molecule has 11 atom stereocenters. The molecule has 4 heteroatoms. The maximum Gasteiger partial charge on any atom is 0.113 e. The molecule has 0 aromatic heterocycles. The summed E-state index contributed by atoms with van der Waals surface area (Å²) >= 11 is 0. The van der Waals surface area contributed by atoms with Crippen molar-refractivity contribution in [3.63, 3.8) is 0 Å². The zero-order chi connectivity index (χ0) is 25.1. The summed E-state index contributed by atoms with van der Waals surface area (Å²) in [6, 6.07) is 0. The first-order valence-corrected chi connectivity index (χ1v) is 14.0. The molecule has 0 spiro atoms. The van der Waals surface area contributed by atoms with Crippen molar-refractivity contribution in [1.29, 1.82) is 0 Å². The van der Waals surface area contributed by atoms with E-state index in [1.54, 1.807) is 19.4 Å². The molecule has 4 fully saturated rings. The summed E-state index contributed by atoms with van der Waals surface area (Å²) in [7, 11) is 0. The van der Waals surface area contributed by atoms with Crippen LogP contribution in [-0.4, -0.2) is 45.3 Å². The van der Waals surface area contributed by atoms with E-state index >= 15 is 0 Å². The van der Waals surface area contributed by atoms with Gasteiger partial charge in [-0.25, -0.2) is 0 Å². The van der Waals surface area contributed by atoms with Crippen molar-refractivity contribution in [3.05, 3.63) is 11.6 Å². The monoisotopic (exact) mass is 474 g/mol. The van der Waals surface area contributed by atoms with Gasteiger partial charge in [-0.2, -0.15) is 0 Å². The highest BCUT2D eigenvalue weighted by atomic mass is 16.6. The van der Waals surface area contributed by atoms with Gasteiger partial charge in [0.25, 0.3) is 0 Å². The van der Waals surface area contributed by atoms with Gasteiger partial charge < -0.3 is 20.1 Å². The summed E-state index contributed by atoms with van der Waals surface area (Å²) in [6.45, 7) is 17.9. The molecular formula is C30H50O4. The Hall–Kier alpha value is -0.420. The molecule has 1 aliphatic heterocycles. The number of aliphatic hydroxyl groups excluding tert-OH is 2. The predicted molar refractivity (Wildman–Crippen MR) is 135 cm³/mol. The molecule has 0 bridgehead atoms. The SMILES string of the molecule is CC(C1OC1C(O)C(C)(C)O)C1CCC2(C)C3=CCC4C(C)(C)C(O)CCC4(C)C3CCC12C. The fourth-order valence-electron chi connectivity index (χ4n) is 10.0. The molecule has 0 amide bonds. The Bertz CT molecular complexity index is 856. The van der Waals surface area contributed by atoms with Crippen LogP contribution in [-0.2, 0) is 4.74 Å². The van der Waals surface area contributed by atoms with Crippen LogP contribution in [0.4, 0.5) is 0 Å². The van der Waals surface area contributed by atoms with Crippen LogP contribution in [0.3, 0.4) is 0 Å². The second kappa shape index (κ2) is 7.55. The van der Waals surface area contributed by atoms with Crippen LogP contribution in [0.1, 0.15) is 100 Å². The third-order valence-corrected chi connectivity index (χ3v) is 12.6. The van der Waals surface area contributed by atoms with E-state index in [0.717, 1.165) is 19.3 Å². The second-order valence-electron chi connectivity index (χ2n) is 14.8. The molecule has 0 aromatic carbocycles. The minimum absolute atomic E-state index is 0.0247. The van der Waals surface area contributed by atoms with Crippen molar-refractivity contribution in [2.45, 2.75) is 130 Å². The molecule has 0 radical (unpaired) electrons.